The molecule has 4 amide bonds. The number of benzene rings is 2. The molecule has 0 radical (unpaired) electrons. The van der Waals surface area contributed by atoms with Crippen LogP contribution >= 0.6 is 0 Å². The van der Waals surface area contributed by atoms with Gasteiger partial charge in [0.25, 0.3) is 5.91 Å². The summed E-state index contributed by atoms with van der Waals surface area (Å²) >= 11 is 0. The van der Waals surface area contributed by atoms with E-state index >= 15 is 0 Å². The van der Waals surface area contributed by atoms with Gasteiger partial charge in [0.2, 0.25) is 5.91 Å². The fraction of sp³-hybridized carbons (Fsp3) is 0.286. The van der Waals surface area contributed by atoms with E-state index in [1.54, 1.807) is 62.6 Å². The molecule has 2 N–H and O–H groups in total. The van der Waals surface area contributed by atoms with Crippen molar-refractivity contribution in [3.05, 3.63) is 54.1 Å². The summed E-state index contributed by atoms with van der Waals surface area (Å²) in [6.45, 7) is 3.49. The van der Waals surface area contributed by atoms with Crippen molar-refractivity contribution in [2.24, 2.45) is 0 Å². The number of hydrogen-bond acceptors (Lipinski definition) is 5. The smallest absolute Gasteiger partial charge is 0.325 e. The minimum Gasteiger partial charge on any atom is -0.497 e. The predicted octanol–water partition coefficient (Wildman–Crippen LogP) is 2.50. The van der Waals surface area contributed by atoms with Crippen LogP contribution < -0.4 is 20.1 Å². The summed E-state index contributed by atoms with van der Waals surface area (Å²) in [5, 5.41) is 5.37. The molecule has 1 unspecified atom stereocenters. The maximum absolute atomic E-state index is 13.0. The van der Waals surface area contributed by atoms with Gasteiger partial charge in [-0.05, 0) is 43.7 Å². The number of hydrogen-bond donors (Lipinski definition) is 2. The Labute approximate surface area is 168 Å². The van der Waals surface area contributed by atoms with Gasteiger partial charge in [0.15, 0.2) is 0 Å². The van der Waals surface area contributed by atoms with Gasteiger partial charge in [0.1, 0.15) is 23.6 Å². The van der Waals surface area contributed by atoms with E-state index < -0.39 is 29.9 Å². The number of carbonyl (C=O) groups excluding carboxylic acids is 3. The average Bonchev–Trinajstić information content (AvgIpc) is 2.93. The number of urea groups is 1. The number of nitrogens with zero attached hydrogens (tertiary/aromatic N) is 1. The molecule has 152 valence electrons. The van der Waals surface area contributed by atoms with E-state index in [4.69, 9.17) is 9.47 Å². The number of anilines is 1. The van der Waals surface area contributed by atoms with Crippen LogP contribution in [0.1, 0.15) is 19.4 Å². The van der Waals surface area contributed by atoms with Crippen LogP contribution in [-0.2, 0) is 15.1 Å². The molecular formula is C21H23N3O5. The van der Waals surface area contributed by atoms with Gasteiger partial charge in [-0.1, -0.05) is 24.3 Å². The van der Waals surface area contributed by atoms with E-state index in [9.17, 15) is 14.4 Å². The number of methoxy groups -OCH3 is 1. The van der Waals surface area contributed by atoms with Crippen LogP contribution in [0.4, 0.5) is 10.5 Å². The molecule has 2 aromatic carbocycles. The fourth-order valence-electron chi connectivity index (χ4n) is 3.15. The van der Waals surface area contributed by atoms with Crippen molar-refractivity contribution in [2.45, 2.75) is 19.4 Å². The molecule has 0 aliphatic carbocycles. The summed E-state index contributed by atoms with van der Waals surface area (Å²) in [5.74, 6) is 0.155. The molecule has 3 rings (SSSR count). The van der Waals surface area contributed by atoms with E-state index in [1.165, 1.54) is 0 Å². The van der Waals surface area contributed by atoms with Gasteiger partial charge in [-0.25, -0.2) is 4.79 Å². The molecule has 1 atom stereocenters. The quantitative estimate of drug-likeness (QED) is 0.700. The van der Waals surface area contributed by atoms with E-state index in [-0.39, 0.29) is 0 Å². The summed E-state index contributed by atoms with van der Waals surface area (Å²) in [6, 6.07) is 13.2. The Hall–Kier alpha value is -3.55. The fourth-order valence-corrected chi connectivity index (χ4v) is 3.15. The van der Waals surface area contributed by atoms with Crippen molar-refractivity contribution in [1.82, 2.24) is 10.2 Å². The lowest BCUT2D eigenvalue weighted by Gasteiger charge is -2.22. The highest BCUT2D eigenvalue weighted by Crippen LogP contribution is 2.30. The van der Waals surface area contributed by atoms with Crippen molar-refractivity contribution >= 4 is 23.5 Å². The van der Waals surface area contributed by atoms with Crippen molar-refractivity contribution in [3.63, 3.8) is 0 Å². The molecular weight excluding hydrogens is 374 g/mol. The third-order valence-electron chi connectivity index (χ3n) is 4.71. The number of imide groups is 1. The Kier molecular flexibility index (Phi) is 5.72. The van der Waals surface area contributed by atoms with Crippen molar-refractivity contribution in [2.75, 3.05) is 25.6 Å². The third kappa shape index (κ3) is 4.01. The normalized spacial score (nSPS) is 18.4. The Morgan fingerprint density at radius 2 is 1.83 bits per heavy atom. The third-order valence-corrected chi connectivity index (χ3v) is 4.71. The topological polar surface area (TPSA) is 97.0 Å². The minimum absolute atomic E-state index is 0.406. The van der Waals surface area contributed by atoms with Gasteiger partial charge >= 0.3 is 6.03 Å². The molecule has 0 aromatic heterocycles. The van der Waals surface area contributed by atoms with Gasteiger partial charge in [0.05, 0.1) is 19.4 Å². The Morgan fingerprint density at radius 1 is 1.14 bits per heavy atom. The monoisotopic (exact) mass is 397 g/mol. The lowest BCUT2D eigenvalue weighted by molar-refractivity contribution is -0.133. The van der Waals surface area contributed by atoms with Gasteiger partial charge in [0, 0.05) is 0 Å². The zero-order valence-electron chi connectivity index (χ0n) is 16.5. The Balaban J connectivity index is 1.74. The molecule has 8 nitrogen and oxygen atoms in total. The number of carbonyl (C=O) groups is 3. The van der Waals surface area contributed by atoms with Crippen LogP contribution in [0.3, 0.4) is 0 Å². The Morgan fingerprint density at radius 3 is 2.48 bits per heavy atom. The molecule has 2 aromatic rings. The first kappa shape index (κ1) is 20.2. The zero-order valence-corrected chi connectivity index (χ0v) is 16.5. The molecule has 0 spiro atoms. The number of nitrogens with one attached hydrogen (secondary N) is 2. The lowest BCUT2D eigenvalue weighted by atomic mass is 9.92. The van der Waals surface area contributed by atoms with E-state index in [0.29, 0.717) is 29.4 Å². The van der Waals surface area contributed by atoms with Gasteiger partial charge in [-0.2, -0.15) is 0 Å². The lowest BCUT2D eigenvalue weighted by Crippen LogP contribution is -2.42. The summed E-state index contributed by atoms with van der Waals surface area (Å²) in [6.07, 6.45) is 0. The first-order valence-corrected chi connectivity index (χ1v) is 9.19. The standard InChI is InChI=1S/C21H23N3O5/c1-4-29-17-8-6-5-7-16(17)22-18(25)13-24-19(26)21(2,23-20(24)27)14-9-11-15(28-3)12-10-14/h5-12H,4,13H2,1-3H3,(H,22,25)(H,23,27). The predicted molar refractivity (Wildman–Crippen MR) is 107 cm³/mol. The molecule has 1 saturated heterocycles. The van der Waals surface area contributed by atoms with Crippen LogP contribution in [0.15, 0.2) is 48.5 Å². The highest BCUT2D eigenvalue weighted by Gasteiger charge is 2.49. The summed E-state index contributed by atoms with van der Waals surface area (Å²) in [5.41, 5.74) is -0.182. The van der Waals surface area contributed by atoms with Crippen LogP contribution in [0.5, 0.6) is 11.5 Å². The maximum atomic E-state index is 13.0. The van der Waals surface area contributed by atoms with Crippen molar-refractivity contribution < 1.29 is 23.9 Å². The number of ether oxygens (including phenoxy) is 2. The van der Waals surface area contributed by atoms with Gasteiger partial charge < -0.3 is 20.1 Å². The largest absolute Gasteiger partial charge is 0.497 e. The van der Waals surface area contributed by atoms with Crippen LogP contribution in [0.25, 0.3) is 0 Å². The Bertz CT molecular complexity index is 928. The SMILES string of the molecule is CCOc1ccccc1NC(=O)CN1C(=O)NC(C)(c2ccc(OC)cc2)C1=O. The second-order valence-corrected chi connectivity index (χ2v) is 6.65. The van der Waals surface area contributed by atoms with Gasteiger partial charge in [-0.15, -0.1) is 0 Å². The maximum Gasteiger partial charge on any atom is 0.325 e. The van der Waals surface area contributed by atoms with Crippen LogP contribution in [0.2, 0.25) is 0 Å². The van der Waals surface area contributed by atoms with E-state index in [0.717, 1.165) is 4.90 Å². The first-order chi connectivity index (χ1) is 13.9. The average molecular weight is 397 g/mol. The first-order valence-electron chi connectivity index (χ1n) is 9.19. The van der Waals surface area contributed by atoms with Crippen molar-refractivity contribution in [3.8, 4) is 11.5 Å². The zero-order chi connectivity index (χ0) is 21.0. The second-order valence-electron chi connectivity index (χ2n) is 6.65. The molecule has 1 aliphatic heterocycles. The van der Waals surface area contributed by atoms with E-state index in [1.807, 2.05) is 6.92 Å². The van der Waals surface area contributed by atoms with Crippen molar-refractivity contribution in [1.29, 1.82) is 0 Å². The minimum atomic E-state index is -1.26. The van der Waals surface area contributed by atoms with E-state index in [2.05, 4.69) is 10.6 Å². The number of para-hydroxylation sites is 2. The molecule has 0 bridgehead atoms. The number of rotatable bonds is 7. The second kappa shape index (κ2) is 8.22. The summed E-state index contributed by atoms with van der Waals surface area (Å²) in [7, 11) is 1.54. The molecule has 0 saturated carbocycles. The molecule has 1 fully saturated rings. The highest BCUT2D eigenvalue weighted by molar-refractivity contribution is 6.10. The molecule has 1 aliphatic rings. The summed E-state index contributed by atoms with van der Waals surface area (Å²) < 4.78 is 10.6. The molecule has 29 heavy (non-hydrogen) atoms. The summed E-state index contributed by atoms with van der Waals surface area (Å²) in [4.78, 5) is 38.8. The van der Waals surface area contributed by atoms with Gasteiger partial charge in [-0.3, -0.25) is 14.5 Å². The highest BCUT2D eigenvalue weighted by atomic mass is 16.5. The van der Waals surface area contributed by atoms with Crippen LogP contribution in [-0.4, -0.2) is 43.0 Å². The van der Waals surface area contributed by atoms with Crippen LogP contribution in [0, 0.1) is 0 Å². The molecule has 1 heterocycles. The molecule has 8 heteroatoms. The number of amides is 4.